The summed E-state index contributed by atoms with van der Waals surface area (Å²) in [6.07, 6.45) is 2.33. The molecule has 1 aliphatic rings. The van der Waals surface area contributed by atoms with Crippen LogP contribution in [-0.2, 0) is 14.8 Å². The van der Waals surface area contributed by atoms with E-state index in [1.54, 1.807) is 28.8 Å². The Hall–Kier alpha value is -1.26. The predicted octanol–water partition coefficient (Wildman–Crippen LogP) is 3.02. The van der Waals surface area contributed by atoms with E-state index in [0.717, 1.165) is 47.5 Å². The van der Waals surface area contributed by atoms with Gasteiger partial charge in [0, 0.05) is 18.5 Å². The second-order valence-electron chi connectivity index (χ2n) is 7.25. The number of hydrogen-bond donors (Lipinski definition) is 1. The molecule has 1 aliphatic heterocycles. The number of thiophene rings is 2. The number of nitrogens with zero attached hydrogens (tertiary/aromatic N) is 2. The van der Waals surface area contributed by atoms with Crippen LogP contribution >= 0.6 is 22.7 Å². The molecule has 1 saturated heterocycles. The van der Waals surface area contributed by atoms with E-state index in [4.69, 9.17) is 0 Å². The Balaban J connectivity index is 1.59. The molecular weight excluding hydrogens is 414 g/mol. The molecule has 1 N–H and O–H groups in total. The molecule has 1 fully saturated rings. The lowest BCUT2D eigenvalue weighted by Gasteiger charge is -2.36. The lowest BCUT2D eigenvalue weighted by molar-refractivity contribution is -0.121. The summed E-state index contributed by atoms with van der Waals surface area (Å²) in [5.41, 5.74) is 0. The summed E-state index contributed by atoms with van der Waals surface area (Å²) in [4.78, 5) is 16.1. The molecule has 0 spiro atoms. The van der Waals surface area contributed by atoms with Crippen molar-refractivity contribution in [1.29, 1.82) is 0 Å². The van der Waals surface area contributed by atoms with Gasteiger partial charge in [0.2, 0.25) is 5.91 Å². The minimum atomic E-state index is -3.62. The Morgan fingerprint density at radius 2 is 1.93 bits per heavy atom. The maximum atomic E-state index is 12.5. The fourth-order valence-electron chi connectivity index (χ4n) is 3.35. The van der Waals surface area contributed by atoms with Gasteiger partial charge in [0.1, 0.15) is 4.21 Å². The molecule has 0 bridgehead atoms. The minimum absolute atomic E-state index is 0.135. The summed E-state index contributed by atoms with van der Waals surface area (Å²) < 4.78 is 26.3. The van der Waals surface area contributed by atoms with Crippen LogP contribution in [0.2, 0.25) is 0 Å². The van der Waals surface area contributed by atoms with Gasteiger partial charge >= 0.3 is 0 Å². The zero-order valence-corrected chi connectivity index (χ0v) is 18.7. The van der Waals surface area contributed by atoms with Crippen molar-refractivity contribution < 1.29 is 13.2 Å². The highest BCUT2D eigenvalue weighted by atomic mass is 32.2. The number of hydrogen-bond acceptors (Lipinski definition) is 6. The highest BCUT2D eigenvalue weighted by molar-refractivity contribution is 7.91. The van der Waals surface area contributed by atoms with Gasteiger partial charge in [0.05, 0.1) is 12.6 Å². The maximum Gasteiger partial charge on any atom is 0.252 e. The van der Waals surface area contributed by atoms with Gasteiger partial charge in [-0.25, -0.2) is 8.42 Å². The second kappa shape index (κ2) is 9.49. The number of likely N-dealkylation sites (N-methyl/N-ethyl adjacent to an activating group) is 1. The monoisotopic (exact) mass is 441 g/mol. The Morgan fingerprint density at radius 1 is 1.25 bits per heavy atom. The molecular formula is C19H27N3O3S3. The van der Waals surface area contributed by atoms with Gasteiger partial charge in [-0.3, -0.25) is 9.69 Å². The van der Waals surface area contributed by atoms with Crippen molar-refractivity contribution in [3.8, 4) is 0 Å². The van der Waals surface area contributed by atoms with Crippen LogP contribution in [0, 0.1) is 5.92 Å². The third-order valence-electron chi connectivity index (χ3n) is 5.15. The van der Waals surface area contributed by atoms with Gasteiger partial charge in [-0.2, -0.15) is 4.31 Å². The van der Waals surface area contributed by atoms with Gasteiger partial charge in [-0.1, -0.05) is 19.1 Å². The molecule has 3 rings (SSSR count). The smallest absolute Gasteiger partial charge is 0.252 e. The highest BCUT2D eigenvalue weighted by Crippen LogP contribution is 2.29. The number of sulfonamides is 1. The average molecular weight is 442 g/mol. The van der Waals surface area contributed by atoms with E-state index >= 15 is 0 Å². The normalized spacial score (nSPS) is 17.7. The summed E-state index contributed by atoms with van der Waals surface area (Å²) in [5.74, 6) is 0.459. The first-order chi connectivity index (χ1) is 13.4. The van der Waals surface area contributed by atoms with Crippen LogP contribution in [0.5, 0.6) is 0 Å². The summed E-state index contributed by atoms with van der Waals surface area (Å²) in [6.45, 7) is 4.62. The molecule has 28 heavy (non-hydrogen) atoms. The molecule has 0 aromatic carbocycles. The van der Waals surface area contributed by atoms with Crippen LogP contribution in [-0.4, -0.2) is 56.8 Å². The van der Waals surface area contributed by atoms with E-state index in [9.17, 15) is 13.2 Å². The first kappa shape index (κ1) is 21.4. The molecule has 1 amide bonds. The lowest BCUT2D eigenvalue weighted by Crippen LogP contribution is -2.44. The Morgan fingerprint density at radius 3 is 2.54 bits per heavy atom. The van der Waals surface area contributed by atoms with Crippen molar-refractivity contribution in [2.75, 3.05) is 33.2 Å². The number of amides is 1. The van der Waals surface area contributed by atoms with E-state index in [1.165, 1.54) is 11.9 Å². The standard InChI is InChI=1S/C19H27N3O3S3/c1-15-7-9-22(10-8-15)16(17-5-3-11-26-17)13-20-18(23)14-21(2)28(24,25)19-6-4-12-27-19/h3-6,11-12,15-16H,7-10,13-14H2,1-2H3,(H,20,23). The highest BCUT2D eigenvalue weighted by Gasteiger charge is 2.27. The molecule has 2 aromatic rings. The Kier molecular flexibility index (Phi) is 7.27. The van der Waals surface area contributed by atoms with E-state index in [2.05, 4.69) is 28.6 Å². The fraction of sp³-hybridized carbons (Fsp3) is 0.526. The molecule has 154 valence electrons. The Labute approximate surface area is 175 Å². The van der Waals surface area contributed by atoms with E-state index in [1.807, 2.05) is 6.07 Å². The molecule has 1 atom stereocenters. The molecule has 6 nitrogen and oxygen atoms in total. The summed E-state index contributed by atoms with van der Waals surface area (Å²) in [5, 5.41) is 6.72. The molecule has 1 unspecified atom stereocenters. The number of carbonyl (C=O) groups is 1. The largest absolute Gasteiger partial charge is 0.353 e. The van der Waals surface area contributed by atoms with Crippen molar-refractivity contribution >= 4 is 38.6 Å². The zero-order chi connectivity index (χ0) is 20.1. The van der Waals surface area contributed by atoms with Crippen molar-refractivity contribution in [3.63, 3.8) is 0 Å². The Bertz CT molecular complexity index is 842. The molecule has 0 saturated carbocycles. The van der Waals surface area contributed by atoms with Gasteiger partial charge in [0.15, 0.2) is 0 Å². The van der Waals surface area contributed by atoms with Gasteiger partial charge in [-0.05, 0) is 54.7 Å². The first-order valence-electron chi connectivity index (χ1n) is 9.42. The van der Waals surface area contributed by atoms with Gasteiger partial charge in [0.25, 0.3) is 10.0 Å². The van der Waals surface area contributed by atoms with Gasteiger partial charge in [-0.15, -0.1) is 22.7 Å². The molecule has 2 aromatic heterocycles. The first-order valence-corrected chi connectivity index (χ1v) is 12.6. The predicted molar refractivity (Wildman–Crippen MR) is 114 cm³/mol. The average Bonchev–Trinajstić information content (AvgIpc) is 3.37. The lowest BCUT2D eigenvalue weighted by atomic mass is 9.97. The van der Waals surface area contributed by atoms with Crippen molar-refractivity contribution in [2.45, 2.75) is 30.0 Å². The third-order valence-corrected chi connectivity index (χ3v) is 9.30. The molecule has 0 aliphatic carbocycles. The van der Waals surface area contributed by atoms with Crippen LogP contribution in [0.3, 0.4) is 0 Å². The summed E-state index contributed by atoms with van der Waals surface area (Å²) in [7, 11) is -2.17. The van der Waals surface area contributed by atoms with Crippen LogP contribution < -0.4 is 5.32 Å². The van der Waals surface area contributed by atoms with Crippen LogP contribution in [0.25, 0.3) is 0 Å². The molecule has 3 heterocycles. The number of likely N-dealkylation sites (tertiary alicyclic amines) is 1. The van der Waals surface area contributed by atoms with E-state index < -0.39 is 10.0 Å². The number of carbonyl (C=O) groups excluding carboxylic acids is 1. The van der Waals surface area contributed by atoms with E-state index in [-0.39, 0.29) is 22.7 Å². The third kappa shape index (κ3) is 5.21. The summed E-state index contributed by atoms with van der Waals surface area (Å²) >= 11 is 2.85. The fourth-order valence-corrected chi connectivity index (χ4v) is 6.54. The van der Waals surface area contributed by atoms with Crippen molar-refractivity contribution in [2.24, 2.45) is 5.92 Å². The number of piperidine rings is 1. The SMILES string of the molecule is CC1CCN(C(CNC(=O)CN(C)S(=O)(=O)c2cccs2)c2cccs2)CC1. The second-order valence-corrected chi connectivity index (χ2v) is 11.4. The van der Waals surface area contributed by atoms with E-state index in [0.29, 0.717) is 6.54 Å². The zero-order valence-electron chi connectivity index (χ0n) is 16.2. The summed E-state index contributed by atoms with van der Waals surface area (Å²) in [6, 6.07) is 7.51. The van der Waals surface area contributed by atoms with Crippen LogP contribution in [0.4, 0.5) is 0 Å². The number of nitrogens with one attached hydrogen (secondary N) is 1. The topological polar surface area (TPSA) is 69.7 Å². The quantitative estimate of drug-likeness (QED) is 0.684. The van der Waals surface area contributed by atoms with Crippen LogP contribution in [0.15, 0.2) is 39.2 Å². The number of rotatable bonds is 8. The van der Waals surface area contributed by atoms with Gasteiger partial charge < -0.3 is 5.32 Å². The van der Waals surface area contributed by atoms with Crippen molar-refractivity contribution in [1.82, 2.24) is 14.5 Å². The minimum Gasteiger partial charge on any atom is -0.353 e. The molecule has 9 heteroatoms. The maximum absolute atomic E-state index is 12.5. The molecule has 0 radical (unpaired) electrons. The van der Waals surface area contributed by atoms with Crippen molar-refractivity contribution in [3.05, 3.63) is 39.9 Å². The van der Waals surface area contributed by atoms with Crippen LogP contribution in [0.1, 0.15) is 30.7 Å².